The maximum atomic E-state index is 13.5. The second kappa shape index (κ2) is 10.9. The zero-order valence-electron chi connectivity index (χ0n) is 19.0. The number of halogens is 2. The van der Waals surface area contributed by atoms with E-state index in [1.807, 2.05) is 55.6 Å². The first-order valence-corrected chi connectivity index (χ1v) is 11.1. The topological polar surface area (TPSA) is 30.2 Å². The van der Waals surface area contributed by atoms with Crippen LogP contribution in [0.3, 0.4) is 0 Å². The molecule has 4 aromatic rings. The average Bonchev–Trinajstić information content (AvgIpc) is 3.34. The van der Waals surface area contributed by atoms with Gasteiger partial charge >= 0.3 is 20.1 Å². The molecule has 3 aromatic carbocycles. The Labute approximate surface area is 217 Å². The second-order valence-corrected chi connectivity index (χ2v) is 8.20. The number of hydrogen-bond donors (Lipinski definition) is 0. The Kier molecular flexibility index (Phi) is 7.74. The molecule has 3 nitrogen and oxygen atoms in total. The predicted molar refractivity (Wildman–Crippen MR) is 130 cm³/mol. The van der Waals surface area contributed by atoms with Crippen molar-refractivity contribution in [2.24, 2.45) is 0 Å². The summed E-state index contributed by atoms with van der Waals surface area (Å²) in [6.07, 6.45) is 6.91. The number of rotatable bonds is 2. The third kappa shape index (κ3) is 5.34. The van der Waals surface area contributed by atoms with Crippen molar-refractivity contribution in [1.82, 2.24) is 9.88 Å². The van der Waals surface area contributed by atoms with Crippen molar-refractivity contribution >= 4 is 0 Å². The summed E-state index contributed by atoms with van der Waals surface area (Å²) in [6.45, 7) is 3.03. The van der Waals surface area contributed by atoms with Crippen LogP contribution in [0.5, 0.6) is 0 Å². The quantitative estimate of drug-likeness (QED) is 0.221. The molecule has 0 radical (unpaired) electrons. The molecule has 176 valence electrons. The van der Waals surface area contributed by atoms with Crippen LogP contribution in [-0.4, -0.2) is 16.4 Å². The van der Waals surface area contributed by atoms with Gasteiger partial charge in [-0.1, -0.05) is 42.8 Å². The van der Waals surface area contributed by atoms with Crippen molar-refractivity contribution in [2.45, 2.75) is 19.5 Å². The molecule has 3 heterocycles. The molecule has 6 heteroatoms. The van der Waals surface area contributed by atoms with Crippen LogP contribution < -0.4 is 0 Å². The van der Waals surface area contributed by atoms with Gasteiger partial charge in [0.25, 0.3) is 0 Å². The minimum Gasteiger partial charge on any atom is -0.668 e. The fraction of sp³-hybridized carbons (Fsp3) is 0.138. The molecule has 1 aromatic heterocycles. The van der Waals surface area contributed by atoms with Crippen molar-refractivity contribution in [3.63, 3.8) is 0 Å². The molecule has 0 N–H and O–H groups in total. The molecule has 1 atom stereocenters. The zero-order chi connectivity index (χ0) is 23.5. The number of aromatic nitrogens is 1. The molecule has 0 saturated carbocycles. The normalized spacial score (nSPS) is 15.2. The summed E-state index contributed by atoms with van der Waals surface area (Å²) in [5.41, 5.74) is 6.30. The Hall–Kier alpha value is -3.34. The first-order valence-electron chi connectivity index (χ1n) is 11.1. The van der Waals surface area contributed by atoms with E-state index in [4.69, 9.17) is 0 Å². The average molecular weight is 643 g/mol. The van der Waals surface area contributed by atoms with E-state index in [1.165, 1.54) is 17.2 Å². The summed E-state index contributed by atoms with van der Waals surface area (Å²) in [6, 6.07) is 25.6. The van der Waals surface area contributed by atoms with Crippen molar-refractivity contribution in [3.8, 4) is 22.4 Å². The molecule has 0 fully saturated rings. The molecule has 2 aliphatic heterocycles. The summed E-state index contributed by atoms with van der Waals surface area (Å²) in [4.78, 5) is 6.57. The molecule has 6 rings (SSSR count). The molecular formula is C29H22F2IrN3. The minimum absolute atomic E-state index is 0. The van der Waals surface area contributed by atoms with Crippen LogP contribution in [0.15, 0.2) is 85.3 Å². The number of nitrogens with zero attached hydrogens (tertiary/aromatic N) is 3. The minimum atomic E-state index is -0.729. The van der Waals surface area contributed by atoms with E-state index in [-0.39, 0.29) is 26.3 Å². The smallest absolute Gasteiger partial charge is 0.668 e. The molecule has 0 aliphatic carbocycles. The monoisotopic (exact) mass is 643 g/mol. The van der Waals surface area contributed by atoms with Crippen LogP contribution >= 0.6 is 0 Å². The SMILES string of the molecule is Cc1ccnc(-c2[c-]c(F)cc(F)c2)c1-c1ccccc1.[Ir+3].[c-]1cccc2c1C1[N-]C=CN1CC2. The Balaban J connectivity index is 0.000000177. The van der Waals surface area contributed by atoms with Crippen molar-refractivity contribution in [3.05, 3.63) is 131 Å². The maximum Gasteiger partial charge on any atom is 3.00 e. The molecule has 1 unspecified atom stereocenters. The van der Waals surface area contributed by atoms with Crippen LogP contribution in [0.1, 0.15) is 22.9 Å². The number of hydrogen-bond acceptors (Lipinski definition) is 2. The van der Waals surface area contributed by atoms with Gasteiger partial charge in [-0.25, -0.2) is 8.78 Å². The Morgan fingerprint density at radius 3 is 2.69 bits per heavy atom. The van der Waals surface area contributed by atoms with Crippen LogP contribution in [0.4, 0.5) is 8.78 Å². The van der Waals surface area contributed by atoms with E-state index in [2.05, 4.69) is 45.7 Å². The van der Waals surface area contributed by atoms with Crippen molar-refractivity contribution in [2.75, 3.05) is 6.54 Å². The van der Waals surface area contributed by atoms with Gasteiger partial charge in [0.1, 0.15) is 0 Å². The Morgan fingerprint density at radius 2 is 1.89 bits per heavy atom. The van der Waals surface area contributed by atoms with E-state index in [9.17, 15) is 8.78 Å². The number of fused-ring (bicyclic) bond motifs is 3. The van der Waals surface area contributed by atoms with E-state index in [0.717, 1.165) is 35.7 Å². The van der Waals surface area contributed by atoms with Gasteiger partial charge in [0.05, 0.1) is 0 Å². The van der Waals surface area contributed by atoms with E-state index in [0.29, 0.717) is 11.3 Å². The summed E-state index contributed by atoms with van der Waals surface area (Å²) in [5.74, 6) is -1.36. The maximum absolute atomic E-state index is 13.5. The first-order chi connectivity index (χ1) is 16.6. The first kappa shape index (κ1) is 24.8. The fourth-order valence-electron chi connectivity index (χ4n) is 4.36. The molecule has 0 bridgehead atoms. The molecule has 35 heavy (non-hydrogen) atoms. The number of aryl methyl sites for hydroxylation is 1. The Bertz CT molecular complexity index is 1320. The van der Waals surface area contributed by atoms with Gasteiger partial charge in [-0.2, -0.15) is 41.6 Å². The molecule has 2 aliphatic rings. The van der Waals surface area contributed by atoms with E-state index >= 15 is 0 Å². The molecule has 0 spiro atoms. The van der Waals surface area contributed by atoms with Crippen molar-refractivity contribution in [1.29, 1.82) is 0 Å². The number of pyridine rings is 1. The van der Waals surface area contributed by atoms with Gasteiger partial charge < -0.3 is 15.2 Å². The standard InChI is InChI=1S/C18H12F2N.C11H10N2.Ir/c1-12-7-8-21-18(14-9-15(19)11-16(20)10-14)17(12)13-5-3-2-4-6-13;1-2-4-10-9(3-1)5-7-13-8-6-12-11(10)13;/h2-9,11H,1H3;1-3,6,8,11H,5,7H2;/q-1;-2;+3. The zero-order valence-corrected chi connectivity index (χ0v) is 21.4. The van der Waals surface area contributed by atoms with Crippen LogP contribution in [0.2, 0.25) is 0 Å². The summed E-state index contributed by atoms with van der Waals surface area (Å²) in [5, 5.41) is 4.41. The third-order valence-corrected chi connectivity index (χ3v) is 5.95. The van der Waals surface area contributed by atoms with Crippen LogP contribution in [-0.2, 0) is 26.5 Å². The molecule has 0 amide bonds. The second-order valence-electron chi connectivity index (χ2n) is 8.20. The number of benzene rings is 3. The summed E-state index contributed by atoms with van der Waals surface area (Å²) in [7, 11) is 0. The summed E-state index contributed by atoms with van der Waals surface area (Å²) >= 11 is 0. The van der Waals surface area contributed by atoms with Crippen LogP contribution in [0, 0.1) is 30.7 Å². The van der Waals surface area contributed by atoms with E-state index < -0.39 is 11.6 Å². The summed E-state index contributed by atoms with van der Waals surface area (Å²) < 4.78 is 26.9. The fourth-order valence-corrected chi connectivity index (χ4v) is 4.36. The van der Waals surface area contributed by atoms with Gasteiger partial charge in [-0.3, -0.25) is 0 Å². The largest absolute Gasteiger partial charge is 3.00 e. The van der Waals surface area contributed by atoms with Gasteiger partial charge in [0, 0.05) is 24.4 Å². The molecular weight excluding hydrogens is 621 g/mol. The van der Waals surface area contributed by atoms with Gasteiger partial charge in [0.15, 0.2) is 0 Å². The Morgan fingerprint density at radius 1 is 1.06 bits per heavy atom. The predicted octanol–water partition coefficient (Wildman–Crippen LogP) is 7.00. The van der Waals surface area contributed by atoms with E-state index in [1.54, 1.807) is 6.20 Å². The molecule has 0 saturated heterocycles. The van der Waals surface area contributed by atoms with Crippen molar-refractivity contribution < 1.29 is 28.9 Å². The van der Waals surface area contributed by atoms with Crippen LogP contribution in [0.25, 0.3) is 27.7 Å². The van der Waals surface area contributed by atoms with Gasteiger partial charge in [-0.15, -0.1) is 17.7 Å². The van der Waals surface area contributed by atoms with Gasteiger partial charge in [-0.05, 0) is 47.7 Å². The van der Waals surface area contributed by atoms with Gasteiger partial charge in [0.2, 0.25) is 0 Å². The third-order valence-electron chi connectivity index (χ3n) is 5.95.